The maximum atomic E-state index is 12.3. The van der Waals surface area contributed by atoms with Crippen LogP contribution in [0.15, 0.2) is 24.3 Å². The highest BCUT2D eigenvalue weighted by Crippen LogP contribution is 2.28. The number of carbonyl (C=O) groups excluding carboxylic acids is 2. The van der Waals surface area contributed by atoms with Crippen molar-refractivity contribution in [2.75, 3.05) is 13.7 Å². The molecule has 2 amide bonds. The van der Waals surface area contributed by atoms with Crippen LogP contribution in [0.25, 0.3) is 0 Å². The lowest BCUT2D eigenvalue weighted by Crippen LogP contribution is -2.35. The van der Waals surface area contributed by atoms with Crippen LogP contribution in [-0.4, -0.2) is 30.4 Å². The van der Waals surface area contributed by atoms with Gasteiger partial charge in [-0.25, -0.2) is 0 Å². The van der Waals surface area contributed by atoms with Crippen molar-refractivity contribution in [1.29, 1.82) is 0 Å². The zero-order valence-electron chi connectivity index (χ0n) is 10.7. The van der Waals surface area contributed by atoms with Crippen LogP contribution in [0.2, 0.25) is 0 Å². The largest absolute Gasteiger partial charge is 0.496 e. The predicted molar refractivity (Wildman–Crippen MR) is 67.4 cm³/mol. The molecule has 1 saturated heterocycles. The maximum Gasteiger partial charge on any atom is 0.236 e. The number of benzene rings is 1. The number of nitrogens with zero attached hydrogens (tertiary/aromatic N) is 1. The Bertz CT molecular complexity index is 470. The SMILES string of the molecule is COc1ccccc1[C@H](C)C(=O)N1CCCC1=O. The maximum absolute atomic E-state index is 12.3. The second-order valence-electron chi connectivity index (χ2n) is 4.45. The van der Waals surface area contributed by atoms with E-state index in [9.17, 15) is 9.59 Å². The van der Waals surface area contributed by atoms with Gasteiger partial charge in [0.25, 0.3) is 0 Å². The summed E-state index contributed by atoms with van der Waals surface area (Å²) in [5, 5.41) is 0. The minimum Gasteiger partial charge on any atom is -0.496 e. The summed E-state index contributed by atoms with van der Waals surface area (Å²) in [5.74, 6) is 0.122. The van der Waals surface area contributed by atoms with E-state index in [1.165, 1.54) is 4.90 Å². The summed E-state index contributed by atoms with van der Waals surface area (Å²) in [4.78, 5) is 25.2. The quantitative estimate of drug-likeness (QED) is 0.820. The lowest BCUT2D eigenvalue weighted by atomic mass is 9.98. The van der Waals surface area contributed by atoms with Crippen molar-refractivity contribution in [3.63, 3.8) is 0 Å². The van der Waals surface area contributed by atoms with E-state index in [0.717, 1.165) is 12.0 Å². The summed E-state index contributed by atoms with van der Waals surface area (Å²) in [6, 6.07) is 7.42. The van der Waals surface area contributed by atoms with E-state index in [1.807, 2.05) is 31.2 Å². The fraction of sp³-hybridized carbons (Fsp3) is 0.429. The normalized spacial score (nSPS) is 16.8. The molecule has 0 spiro atoms. The summed E-state index contributed by atoms with van der Waals surface area (Å²) in [5.41, 5.74) is 0.824. The van der Waals surface area contributed by atoms with Gasteiger partial charge < -0.3 is 4.74 Å². The van der Waals surface area contributed by atoms with Crippen LogP contribution in [0.3, 0.4) is 0 Å². The molecule has 1 heterocycles. The second-order valence-corrected chi connectivity index (χ2v) is 4.45. The molecular formula is C14H17NO3. The van der Waals surface area contributed by atoms with Gasteiger partial charge in [-0.05, 0) is 19.4 Å². The minimum absolute atomic E-state index is 0.0678. The first-order valence-electron chi connectivity index (χ1n) is 6.12. The van der Waals surface area contributed by atoms with Crippen molar-refractivity contribution < 1.29 is 14.3 Å². The van der Waals surface area contributed by atoms with E-state index in [-0.39, 0.29) is 17.7 Å². The molecule has 2 rings (SSSR count). The Labute approximate surface area is 107 Å². The first-order chi connectivity index (χ1) is 8.65. The smallest absolute Gasteiger partial charge is 0.236 e. The lowest BCUT2D eigenvalue weighted by Gasteiger charge is -2.20. The van der Waals surface area contributed by atoms with Crippen LogP contribution >= 0.6 is 0 Å². The third kappa shape index (κ3) is 2.23. The molecule has 4 nitrogen and oxygen atoms in total. The van der Waals surface area contributed by atoms with Crippen molar-refractivity contribution in [3.8, 4) is 5.75 Å². The average molecular weight is 247 g/mol. The highest BCUT2D eigenvalue weighted by atomic mass is 16.5. The number of amides is 2. The van der Waals surface area contributed by atoms with Gasteiger partial charge in [0.05, 0.1) is 13.0 Å². The van der Waals surface area contributed by atoms with Crippen LogP contribution in [0.1, 0.15) is 31.2 Å². The van der Waals surface area contributed by atoms with E-state index in [2.05, 4.69) is 0 Å². The number of methoxy groups -OCH3 is 1. The highest BCUT2D eigenvalue weighted by Gasteiger charge is 2.31. The van der Waals surface area contributed by atoms with E-state index in [1.54, 1.807) is 7.11 Å². The molecule has 0 aromatic heterocycles. The minimum atomic E-state index is -0.358. The zero-order chi connectivity index (χ0) is 13.1. The van der Waals surface area contributed by atoms with Crippen LogP contribution in [0.4, 0.5) is 0 Å². The van der Waals surface area contributed by atoms with Gasteiger partial charge in [0.1, 0.15) is 5.75 Å². The Morgan fingerprint density at radius 1 is 1.39 bits per heavy atom. The summed E-state index contributed by atoms with van der Waals surface area (Å²) >= 11 is 0. The number of hydrogen-bond donors (Lipinski definition) is 0. The van der Waals surface area contributed by atoms with E-state index < -0.39 is 0 Å². The van der Waals surface area contributed by atoms with Crippen LogP contribution < -0.4 is 4.74 Å². The van der Waals surface area contributed by atoms with Gasteiger partial charge in [-0.2, -0.15) is 0 Å². The highest BCUT2D eigenvalue weighted by molar-refractivity contribution is 5.99. The predicted octanol–water partition coefficient (Wildman–Crippen LogP) is 1.95. The molecule has 0 radical (unpaired) electrons. The fourth-order valence-corrected chi connectivity index (χ4v) is 2.27. The molecular weight excluding hydrogens is 230 g/mol. The van der Waals surface area contributed by atoms with Gasteiger partial charge in [-0.15, -0.1) is 0 Å². The summed E-state index contributed by atoms with van der Waals surface area (Å²) in [6.45, 7) is 2.35. The molecule has 1 aliphatic rings. The Balaban J connectivity index is 2.22. The summed E-state index contributed by atoms with van der Waals surface area (Å²) in [6.07, 6.45) is 1.24. The van der Waals surface area contributed by atoms with Gasteiger partial charge in [0, 0.05) is 18.5 Å². The van der Waals surface area contributed by atoms with Gasteiger partial charge in [0.2, 0.25) is 11.8 Å². The summed E-state index contributed by atoms with van der Waals surface area (Å²) < 4.78 is 5.25. The summed E-state index contributed by atoms with van der Waals surface area (Å²) in [7, 11) is 1.58. The van der Waals surface area contributed by atoms with Crippen LogP contribution in [-0.2, 0) is 9.59 Å². The average Bonchev–Trinajstić information content (AvgIpc) is 2.83. The van der Waals surface area contributed by atoms with Crippen molar-refractivity contribution in [3.05, 3.63) is 29.8 Å². The first kappa shape index (κ1) is 12.6. The Kier molecular flexibility index (Phi) is 3.65. The second kappa shape index (κ2) is 5.21. The number of likely N-dealkylation sites (tertiary alicyclic amines) is 1. The van der Waals surface area contributed by atoms with E-state index >= 15 is 0 Å². The molecule has 0 N–H and O–H groups in total. The molecule has 0 aliphatic carbocycles. The number of carbonyl (C=O) groups is 2. The van der Waals surface area contributed by atoms with Crippen molar-refractivity contribution in [2.24, 2.45) is 0 Å². The van der Waals surface area contributed by atoms with Crippen molar-refractivity contribution >= 4 is 11.8 Å². The molecule has 18 heavy (non-hydrogen) atoms. The topological polar surface area (TPSA) is 46.6 Å². The molecule has 1 fully saturated rings. The van der Waals surface area contributed by atoms with Crippen molar-refractivity contribution in [2.45, 2.75) is 25.7 Å². The number of imide groups is 1. The molecule has 1 atom stereocenters. The van der Waals surface area contributed by atoms with Crippen LogP contribution in [0, 0.1) is 0 Å². The third-order valence-corrected chi connectivity index (χ3v) is 3.32. The number of para-hydroxylation sites is 1. The first-order valence-corrected chi connectivity index (χ1v) is 6.12. The van der Waals surface area contributed by atoms with Crippen molar-refractivity contribution in [1.82, 2.24) is 4.90 Å². The molecule has 4 heteroatoms. The van der Waals surface area contributed by atoms with Gasteiger partial charge >= 0.3 is 0 Å². The number of rotatable bonds is 3. The van der Waals surface area contributed by atoms with Gasteiger partial charge in [0.15, 0.2) is 0 Å². The fourth-order valence-electron chi connectivity index (χ4n) is 2.27. The molecule has 0 bridgehead atoms. The monoisotopic (exact) mass is 247 g/mol. The number of ether oxygens (including phenoxy) is 1. The standard InChI is InChI=1S/C14H17NO3/c1-10(11-6-3-4-7-12(11)18-2)14(17)15-9-5-8-13(15)16/h3-4,6-7,10H,5,8-9H2,1-2H3/t10-/m0/s1. The Hall–Kier alpha value is -1.84. The number of hydrogen-bond acceptors (Lipinski definition) is 3. The molecule has 1 aliphatic heterocycles. The lowest BCUT2D eigenvalue weighted by molar-refractivity contribution is -0.142. The van der Waals surface area contributed by atoms with E-state index in [0.29, 0.717) is 18.7 Å². The zero-order valence-corrected chi connectivity index (χ0v) is 10.7. The Morgan fingerprint density at radius 3 is 2.72 bits per heavy atom. The van der Waals surface area contributed by atoms with E-state index in [4.69, 9.17) is 4.74 Å². The van der Waals surface area contributed by atoms with Crippen LogP contribution in [0.5, 0.6) is 5.75 Å². The molecule has 1 aromatic rings. The molecule has 0 unspecified atom stereocenters. The third-order valence-electron chi connectivity index (χ3n) is 3.32. The molecule has 1 aromatic carbocycles. The molecule has 96 valence electrons. The van der Waals surface area contributed by atoms with Gasteiger partial charge in [-0.3, -0.25) is 14.5 Å². The molecule has 0 saturated carbocycles. The van der Waals surface area contributed by atoms with Gasteiger partial charge in [-0.1, -0.05) is 18.2 Å². The Morgan fingerprint density at radius 2 is 2.11 bits per heavy atom.